The van der Waals surface area contributed by atoms with E-state index in [9.17, 15) is 4.79 Å². The summed E-state index contributed by atoms with van der Waals surface area (Å²) in [6, 6.07) is 15.9. The van der Waals surface area contributed by atoms with E-state index in [0.717, 1.165) is 12.8 Å². The first kappa shape index (κ1) is 21.8. The Hall–Kier alpha value is -2.53. The van der Waals surface area contributed by atoms with Crippen molar-refractivity contribution in [3.05, 3.63) is 59.7 Å². The number of nitrogens with one attached hydrogen (secondary N) is 1. The number of carbonyl (C=O) groups excluding carboxylic acids is 1. The van der Waals surface area contributed by atoms with Crippen molar-refractivity contribution in [3.8, 4) is 11.5 Å². The molecule has 5 nitrogen and oxygen atoms in total. The van der Waals surface area contributed by atoms with Crippen molar-refractivity contribution in [2.75, 3.05) is 33.9 Å². The van der Waals surface area contributed by atoms with Crippen molar-refractivity contribution in [3.63, 3.8) is 0 Å². The molecule has 2 aromatic carbocycles. The van der Waals surface area contributed by atoms with Gasteiger partial charge in [-0.25, -0.2) is 0 Å². The zero-order chi connectivity index (χ0) is 20.4. The summed E-state index contributed by atoms with van der Waals surface area (Å²) >= 11 is 0. The highest BCUT2D eigenvalue weighted by Gasteiger charge is 2.16. The molecular weight excluding hydrogens is 352 g/mol. The van der Waals surface area contributed by atoms with E-state index in [4.69, 9.17) is 9.47 Å². The van der Waals surface area contributed by atoms with Crippen LogP contribution in [0.4, 0.5) is 0 Å². The first-order valence-corrected chi connectivity index (χ1v) is 9.93. The summed E-state index contributed by atoms with van der Waals surface area (Å²) in [5, 5.41) is 3.06. The second-order valence-corrected chi connectivity index (χ2v) is 6.96. The number of likely N-dealkylation sites (N-methyl/N-ethyl adjacent to an activating group) is 1. The lowest BCUT2D eigenvalue weighted by molar-refractivity contribution is 0.0941. The maximum absolute atomic E-state index is 12.7. The van der Waals surface area contributed by atoms with E-state index in [1.54, 1.807) is 12.1 Å². The summed E-state index contributed by atoms with van der Waals surface area (Å²) in [4.78, 5) is 14.8. The second-order valence-electron chi connectivity index (χ2n) is 6.96. The van der Waals surface area contributed by atoms with Crippen molar-refractivity contribution in [1.82, 2.24) is 10.2 Å². The summed E-state index contributed by atoms with van der Waals surface area (Å²) in [5.74, 6) is 1.18. The minimum atomic E-state index is -0.108. The predicted molar refractivity (Wildman–Crippen MR) is 113 cm³/mol. The summed E-state index contributed by atoms with van der Waals surface area (Å²) in [6.45, 7) is 5.68. The van der Waals surface area contributed by atoms with E-state index in [0.29, 0.717) is 36.8 Å². The Morgan fingerprint density at radius 1 is 1.04 bits per heavy atom. The number of rotatable bonds is 11. The monoisotopic (exact) mass is 384 g/mol. The van der Waals surface area contributed by atoms with Crippen molar-refractivity contribution in [2.24, 2.45) is 0 Å². The van der Waals surface area contributed by atoms with Crippen LogP contribution in [0.2, 0.25) is 0 Å². The van der Waals surface area contributed by atoms with Gasteiger partial charge in [-0.3, -0.25) is 4.79 Å². The van der Waals surface area contributed by atoms with Gasteiger partial charge in [0.25, 0.3) is 5.91 Å². The Morgan fingerprint density at radius 2 is 1.79 bits per heavy atom. The molecule has 152 valence electrons. The Labute approximate surface area is 168 Å². The molecule has 1 N–H and O–H groups in total. The highest BCUT2D eigenvalue weighted by atomic mass is 16.5. The molecule has 2 aromatic rings. The summed E-state index contributed by atoms with van der Waals surface area (Å²) in [6.07, 6.45) is 1.79. The largest absolute Gasteiger partial charge is 0.490 e. The summed E-state index contributed by atoms with van der Waals surface area (Å²) < 4.78 is 11.4. The molecule has 1 unspecified atom stereocenters. The van der Waals surface area contributed by atoms with Crippen LogP contribution in [-0.4, -0.2) is 50.7 Å². The van der Waals surface area contributed by atoms with Gasteiger partial charge in [0.15, 0.2) is 11.5 Å². The third kappa shape index (κ3) is 6.57. The van der Waals surface area contributed by atoms with Crippen molar-refractivity contribution < 1.29 is 14.3 Å². The number of amides is 1. The van der Waals surface area contributed by atoms with Crippen molar-refractivity contribution >= 4 is 5.91 Å². The lowest BCUT2D eigenvalue weighted by Gasteiger charge is -2.25. The van der Waals surface area contributed by atoms with E-state index in [2.05, 4.69) is 29.3 Å². The van der Waals surface area contributed by atoms with Crippen LogP contribution in [0.25, 0.3) is 0 Å². The van der Waals surface area contributed by atoms with Gasteiger partial charge >= 0.3 is 0 Å². The number of ether oxygens (including phenoxy) is 2. The van der Waals surface area contributed by atoms with E-state index in [-0.39, 0.29) is 11.9 Å². The molecule has 28 heavy (non-hydrogen) atoms. The normalized spacial score (nSPS) is 11.9. The average Bonchev–Trinajstić information content (AvgIpc) is 2.70. The van der Waals surface area contributed by atoms with Crippen molar-refractivity contribution in [1.29, 1.82) is 0 Å². The Balaban J connectivity index is 2.02. The molecule has 1 atom stereocenters. The molecule has 0 saturated heterocycles. The molecule has 2 rings (SSSR count). The summed E-state index contributed by atoms with van der Waals surface area (Å²) in [5.41, 5.74) is 1.83. The van der Waals surface area contributed by atoms with Crippen LogP contribution in [0.15, 0.2) is 48.5 Å². The van der Waals surface area contributed by atoms with Gasteiger partial charge < -0.3 is 19.7 Å². The first-order chi connectivity index (χ1) is 13.5. The molecule has 0 aliphatic carbocycles. The zero-order valence-electron chi connectivity index (χ0n) is 17.4. The minimum Gasteiger partial charge on any atom is -0.490 e. The molecule has 0 aliphatic heterocycles. The highest BCUT2D eigenvalue weighted by Crippen LogP contribution is 2.28. The van der Waals surface area contributed by atoms with E-state index in [1.165, 1.54) is 5.56 Å². The molecule has 0 bridgehead atoms. The topological polar surface area (TPSA) is 50.8 Å². The Morgan fingerprint density at radius 3 is 2.43 bits per heavy atom. The molecule has 1 amide bonds. The van der Waals surface area contributed by atoms with Gasteiger partial charge in [-0.1, -0.05) is 37.3 Å². The van der Waals surface area contributed by atoms with Crippen LogP contribution < -0.4 is 14.8 Å². The molecule has 0 aliphatic rings. The molecule has 0 radical (unpaired) electrons. The van der Waals surface area contributed by atoms with Gasteiger partial charge in [-0.05, 0) is 57.6 Å². The SMILES string of the molecule is CCCOc1ccc(C(=O)NCC(Cc2ccccc2)N(C)C)cc1OCC. The number of carbonyl (C=O) groups is 1. The predicted octanol–water partition coefficient (Wildman–Crippen LogP) is 3.78. The van der Waals surface area contributed by atoms with Crippen LogP contribution in [0.3, 0.4) is 0 Å². The minimum absolute atomic E-state index is 0.108. The fourth-order valence-electron chi connectivity index (χ4n) is 2.88. The molecule has 0 heterocycles. The van der Waals surface area contributed by atoms with Crippen LogP contribution >= 0.6 is 0 Å². The van der Waals surface area contributed by atoms with Gasteiger partial charge in [0.1, 0.15) is 0 Å². The van der Waals surface area contributed by atoms with Crippen LogP contribution in [-0.2, 0) is 6.42 Å². The van der Waals surface area contributed by atoms with Crippen LogP contribution in [0.1, 0.15) is 36.2 Å². The van der Waals surface area contributed by atoms with E-state index >= 15 is 0 Å². The second kappa shape index (κ2) is 11.3. The number of benzene rings is 2. The fraction of sp³-hybridized carbons (Fsp3) is 0.435. The smallest absolute Gasteiger partial charge is 0.251 e. The molecule has 0 spiro atoms. The average molecular weight is 385 g/mol. The molecule has 0 saturated carbocycles. The third-order valence-corrected chi connectivity index (χ3v) is 4.51. The molecule has 5 heteroatoms. The maximum atomic E-state index is 12.7. The lowest BCUT2D eigenvalue weighted by Crippen LogP contribution is -2.41. The lowest BCUT2D eigenvalue weighted by atomic mass is 10.0. The molecule has 0 fully saturated rings. The van der Waals surface area contributed by atoms with Gasteiger partial charge in [0.05, 0.1) is 13.2 Å². The molecular formula is C23H32N2O3. The van der Waals surface area contributed by atoms with Gasteiger partial charge in [-0.15, -0.1) is 0 Å². The van der Waals surface area contributed by atoms with Crippen molar-refractivity contribution in [2.45, 2.75) is 32.7 Å². The quantitative estimate of drug-likeness (QED) is 0.641. The number of hydrogen-bond acceptors (Lipinski definition) is 4. The summed E-state index contributed by atoms with van der Waals surface area (Å²) in [7, 11) is 4.07. The van der Waals surface area contributed by atoms with Gasteiger partial charge in [0, 0.05) is 18.2 Å². The van der Waals surface area contributed by atoms with Crippen LogP contribution in [0, 0.1) is 0 Å². The fourth-order valence-corrected chi connectivity index (χ4v) is 2.88. The Bertz CT molecular complexity index is 732. The van der Waals surface area contributed by atoms with E-state index in [1.807, 2.05) is 45.3 Å². The first-order valence-electron chi connectivity index (χ1n) is 9.93. The number of nitrogens with zero attached hydrogens (tertiary/aromatic N) is 1. The highest BCUT2D eigenvalue weighted by molar-refractivity contribution is 5.94. The number of hydrogen-bond donors (Lipinski definition) is 1. The zero-order valence-corrected chi connectivity index (χ0v) is 17.4. The molecule has 0 aromatic heterocycles. The third-order valence-electron chi connectivity index (χ3n) is 4.51. The van der Waals surface area contributed by atoms with E-state index < -0.39 is 0 Å². The van der Waals surface area contributed by atoms with Gasteiger partial charge in [-0.2, -0.15) is 0 Å². The van der Waals surface area contributed by atoms with Crippen LogP contribution in [0.5, 0.6) is 11.5 Å². The standard InChI is InChI=1S/C23H32N2O3/c1-5-14-28-21-13-12-19(16-22(21)27-6-2)23(26)24-17-20(25(3)4)15-18-10-8-7-9-11-18/h7-13,16,20H,5-6,14-15,17H2,1-4H3,(H,24,26). The van der Waals surface area contributed by atoms with Gasteiger partial charge in [0.2, 0.25) is 0 Å². The maximum Gasteiger partial charge on any atom is 0.251 e. The Kier molecular flexibility index (Phi) is 8.82.